The fourth-order valence-electron chi connectivity index (χ4n) is 2.75. The van der Waals surface area contributed by atoms with E-state index in [4.69, 9.17) is 5.10 Å². The van der Waals surface area contributed by atoms with Crippen molar-refractivity contribution >= 4 is 11.6 Å². The Kier molecular flexibility index (Phi) is 3.86. The molecule has 0 aliphatic carbocycles. The van der Waals surface area contributed by atoms with Gasteiger partial charge in [0.2, 0.25) is 0 Å². The number of hydrogen-bond donors (Lipinski definition) is 1. The number of nitrogens with zero attached hydrogens (tertiary/aromatic N) is 3. The van der Waals surface area contributed by atoms with E-state index >= 15 is 0 Å². The molecule has 3 rings (SSSR count). The SMILES string of the molecule is CCc1nn2c(C(C)C)cc(C(=O)O)nc2c1-c1ccccc1. The van der Waals surface area contributed by atoms with E-state index in [1.165, 1.54) is 0 Å². The van der Waals surface area contributed by atoms with Crippen LogP contribution in [-0.2, 0) is 6.42 Å². The van der Waals surface area contributed by atoms with Crippen LogP contribution in [-0.4, -0.2) is 25.7 Å². The molecule has 0 saturated carbocycles. The van der Waals surface area contributed by atoms with Crippen LogP contribution in [0.5, 0.6) is 0 Å². The van der Waals surface area contributed by atoms with Gasteiger partial charge in [-0.15, -0.1) is 0 Å². The molecule has 2 aromatic heterocycles. The molecule has 23 heavy (non-hydrogen) atoms. The number of fused-ring (bicyclic) bond motifs is 1. The van der Waals surface area contributed by atoms with Crippen LogP contribution in [0.25, 0.3) is 16.8 Å². The van der Waals surface area contributed by atoms with Crippen LogP contribution in [0, 0.1) is 0 Å². The second-order valence-corrected chi connectivity index (χ2v) is 5.80. The Morgan fingerprint density at radius 2 is 1.96 bits per heavy atom. The molecule has 0 aliphatic heterocycles. The number of hydrogen-bond acceptors (Lipinski definition) is 3. The Labute approximate surface area is 134 Å². The maximum absolute atomic E-state index is 11.5. The molecule has 0 spiro atoms. The minimum Gasteiger partial charge on any atom is -0.477 e. The molecule has 1 N–H and O–H groups in total. The molecule has 0 aliphatic rings. The Morgan fingerprint density at radius 1 is 1.26 bits per heavy atom. The molecule has 0 fully saturated rings. The van der Waals surface area contributed by atoms with Crippen LogP contribution < -0.4 is 0 Å². The van der Waals surface area contributed by atoms with Crippen molar-refractivity contribution in [3.8, 4) is 11.1 Å². The number of carbonyl (C=O) groups is 1. The van der Waals surface area contributed by atoms with Gasteiger partial charge in [0.15, 0.2) is 11.3 Å². The van der Waals surface area contributed by atoms with E-state index in [1.54, 1.807) is 10.6 Å². The zero-order valence-electron chi connectivity index (χ0n) is 13.4. The number of aryl methyl sites for hydroxylation is 1. The number of aromatic carboxylic acids is 1. The summed E-state index contributed by atoms with van der Waals surface area (Å²) in [5.41, 5.74) is 4.36. The fourth-order valence-corrected chi connectivity index (χ4v) is 2.75. The Hall–Kier alpha value is -2.69. The van der Waals surface area contributed by atoms with Gasteiger partial charge in [0.05, 0.1) is 5.69 Å². The average Bonchev–Trinajstić information content (AvgIpc) is 2.92. The number of aromatic nitrogens is 3. The largest absolute Gasteiger partial charge is 0.477 e. The van der Waals surface area contributed by atoms with E-state index in [0.29, 0.717) is 5.65 Å². The van der Waals surface area contributed by atoms with Crippen molar-refractivity contribution in [3.05, 3.63) is 53.5 Å². The van der Waals surface area contributed by atoms with Crippen LogP contribution in [0.4, 0.5) is 0 Å². The monoisotopic (exact) mass is 309 g/mol. The molecule has 0 atom stereocenters. The average molecular weight is 309 g/mol. The van der Waals surface area contributed by atoms with Crippen molar-refractivity contribution < 1.29 is 9.90 Å². The van der Waals surface area contributed by atoms with Crippen molar-refractivity contribution in [3.63, 3.8) is 0 Å². The fraction of sp³-hybridized carbons (Fsp3) is 0.278. The first-order valence-corrected chi connectivity index (χ1v) is 7.74. The van der Waals surface area contributed by atoms with Gasteiger partial charge in [-0.2, -0.15) is 5.10 Å². The van der Waals surface area contributed by atoms with Gasteiger partial charge >= 0.3 is 5.97 Å². The molecule has 0 radical (unpaired) electrons. The van der Waals surface area contributed by atoms with Gasteiger partial charge in [0, 0.05) is 11.3 Å². The summed E-state index contributed by atoms with van der Waals surface area (Å²) < 4.78 is 1.79. The van der Waals surface area contributed by atoms with E-state index in [0.717, 1.165) is 28.9 Å². The van der Waals surface area contributed by atoms with Gasteiger partial charge < -0.3 is 5.11 Å². The van der Waals surface area contributed by atoms with Crippen LogP contribution >= 0.6 is 0 Å². The molecule has 5 heteroatoms. The van der Waals surface area contributed by atoms with Crippen molar-refractivity contribution in [2.24, 2.45) is 0 Å². The minimum atomic E-state index is -1.02. The molecule has 0 amide bonds. The summed E-state index contributed by atoms with van der Waals surface area (Å²) in [7, 11) is 0. The molecule has 118 valence electrons. The van der Waals surface area contributed by atoms with Gasteiger partial charge in [-0.25, -0.2) is 14.3 Å². The smallest absolute Gasteiger partial charge is 0.354 e. The van der Waals surface area contributed by atoms with Gasteiger partial charge in [-0.05, 0) is 24.0 Å². The highest BCUT2D eigenvalue weighted by molar-refractivity contribution is 5.88. The summed E-state index contributed by atoms with van der Waals surface area (Å²) >= 11 is 0. The van der Waals surface area contributed by atoms with Crippen LogP contribution in [0.15, 0.2) is 36.4 Å². The zero-order chi connectivity index (χ0) is 16.6. The molecular formula is C18H19N3O2. The first-order valence-electron chi connectivity index (χ1n) is 7.74. The Morgan fingerprint density at radius 3 is 2.52 bits per heavy atom. The van der Waals surface area contributed by atoms with Gasteiger partial charge in [0.1, 0.15) is 0 Å². The molecule has 5 nitrogen and oxygen atoms in total. The highest BCUT2D eigenvalue weighted by Crippen LogP contribution is 2.30. The highest BCUT2D eigenvalue weighted by Gasteiger charge is 2.20. The second-order valence-electron chi connectivity index (χ2n) is 5.80. The molecule has 2 heterocycles. The van der Waals surface area contributed by atoms with E-state index in [-0.39, 0.29) is 11.6 Å². The molecule has 0 bridgehead atoms. The summed E-state index contributed by atoms with van der Waals surface area (Å²) in [6, 6.07) is 11.5. The predicted octanol–water partition coefficient (Wildman–Crippen LogP) is 3.78. The lowest BCUT2D eigenvalue weighted by Gasteiger charge is -2.09. The third kappa shape index (κ3) is 2.59. The highest BCUT2D eigenvalue weighted by atomic mass is 16.4. The minimum absolute atomic E-state index is 0.0564. The van der Waals surface area contributed by atoms with E-state index in [2.05, 4.69) is 4.98 Å². The summed E-state index contributed by atoms with van der Waals surface area (Å²) in [5, 5.41) is 14.1. The van der Waals surface area contributed by atoms with E-state index < -0.39 is 5.97 Å². The zero-order valence-corrected chi connectivity index (χ0v) is 13.4. The summed E-state index contributed by atoms with van der Waals surface area (Å²) in [5.74, 6) is -0.875. The van der Waals surface area contributed by atoms with Crippen LogP contribution in [0.3, 0.4) is 0 Å². The molecular weight excluding hydrogens is 290 g/mol. The lowest BCUT2D eigenvalue weighted by molar-refractivity contribution is 0.0690. The molecule has 0 unspecified atom stereocenters. The third-order valence-electron chi connectivity index (χ3n) is 3.90. The lowest BCUT2D eigenvalue weighted by Crippen LogP contribution is -2.09. The second kappa shape index (κ2) is 5.83. The summed E-state index contributed by atoms with van der Waals surface area (Å²) in [6.45, 7) is 6.09. The maximum atomic E-state index is 11.5. The quantitative estimate of drug-likeness (QED) is 0.796. The molecule has 1 aromatic carbocycles. The van der Waals surface area contributed by atoms with Gasteiger partial charge in [-0.1, -0.05) is 51.1 Å². The summed E-state index contributed by atoms with van der Waals surface area (Å²) in [4.78, 5) is 15.8. The van der Waals surface area contributed by atoms with Crippen molar-refractivity contribution in [1.29, 1.82) is 0 Å². The van der Waals surface area contributed by atoms with Crippen LogP contribution in [0.1, 0.15) is 48.6 Å². The Balaban J connectivity index is 2.41. The van der Waals surface area contributed by atoms with Crippen molar-refractivity contribution in [2.75, 3.05) is 0 Å². The normalized spacial score (nSPS) is 11.3. The maximum Gasteiger partial charge on any atom is 0.354 e. The summed E-state index contributed by atoms with van der Waals surface area (Å²) in [6.07, 6.45) is 0.757. The number of benzene rings is 1. The predicted molar refractivity (Wildman–Crippen MR) is 88.8 cm³/mol. The Bertz CT molecular complexity index is 867. The van der Waals surface area contributed by atoms with Gasteiger partial charge in [-0.3, -0.25) is 0 Å². The molecule has 0 saturated heterocycles. The van der Waals surface area contributed by atoms with Gasteiger partial charge in [0.25, 0.3) is 0 Å². The first kappa shape index (κ1) is 15.2. The lowest BCUT2D eigenvalue weighted by atomic mass is 10.0. The number of carboxylic acid groups (broad SMARTS) is 1. The third-order valence-corrected chi connectivity index (χ3v) is 3.90. The molecule has 3 aromatic rings. The topological polar surface area (TPSA) is 67.5 Å². The van der Waals surface area contributed by atoms with Crippen LogP contribution in [0.2, 0.25) is 0 Å². The standard InChI is InChI=1S/C18H19N3O2/c1-4-13-16(12-8-6-5-7-9-12)17-19-14(18(22)23)10-15(11(2)3)21(17)20-13/h5-11H,4H2,1-3H3,(H,22,23). The number of carboxylic acids is 1. The first-order chi connectivity index (χ1) is 11.0. The van der Waals surface area contributed by atoms with E-state index in [1.807, 2.05) is 51.1 Å². The number of rotatable bonds is 4. The van der Waals surface area contributed by atoms with E-state index in [9.17, 15) is 9.90 Å². The van der Waals surface area contributed by atoms with Crippen molar-refractivity contribution in [1.82, 2.24) is 14.6 Å². The van der Waals surface area contributed by atoms with Crippen molar-refractivity contribution in [2.45, 2.75) is 33.1 Å².